The van der Waals surface area contributed by atoms with E-state index in [1.807, 2.05) is 49.4 Å². The van der Waals surface area contributed by atoms with Gasteiger partial charge in [0.1, 0.15) is 5.39 Å². The summed E-state index contributed by atoms with van der Waals surface area (Å²) in [6.45, 7) is 2.02. The number of fused-ring (bicyclic) bond motifs is 1. The molecule has 130 valence electrons. The van der Waals surface area contributed by atoms with Gasteiger partial charge in [0.25, 0.3) is 5.56 Å². The molecule has 0 aliphatic carbocycles. The molecule has 0 aliphatic heterocycles. The van der Waals surface area contributed by atoms with E-state index in [2.05, 4.69) is 27.2 Å². The molecule has 0 atom stereocenters. The summed E-state index contributed by atoms with van der Waals surface area (Å²) in [5.74, 6) is 0.844. The average molecular weight is 362 g/mol. The molecular formula is C20H18N4OS. The number of aryl methyl sites for hydroxylation is 2. The summed E-state index contributed by atoms with van der Waals surface area (Å²) < 4.78 is 1.74. The van der Waals surface area contributed by atoms with E-state index < -0.39 is 0 Å². The monoisotopic (exact) mass is 362 g/mol. The number of para-hydroxylation sites is 1. The number of nitrogens with zero attached hydrogens (tertiary/aromatic N) is 3. The zero-order valence-electron chi connectivity index (χ0n) is 14.3. The Hall–Kier alpha value is -2.86. The number of H-pyrrole nitrogens is 1. The number of hydrogen-bond acceptors (Lipinski definition) is 4. The molecule has 0 amide bonds. The van der Waals surface area contributed by atoms with Crippen LogP contribution >= 0.6 is 11.8 Å². The van der Waals surface area contributed by atoms with Crippen molar-refractivity contribution in [3.63, 3.8) is 0 Å². The van der Waals surface area contributed by atoms with E-state index in [0.717, 1.165) is 23.4 Å². The molecule has 6 heteroatoms. The first kappa shape index (κ1) is 16.6. The third kappa shape index (κ3) is 3.28. The normalized spacial score (nSPS) is 11.1. The van der Waals surface area contributed by atoms with E-state index >= 15 is 0 Å². The molecule has 26 heavy (non-hydrogen) atoms. The highest BCUT2D eigenvalue weighted by atomic mass is 32.2. The molecule has 1 N–H and O–H groups in total. The van der Waals surface area contributed by atoms with E-state index in [0.29, 0.717) is 16.2 Å². The minimum atomic E-state index is -0.156. The number of benzene rings is 2. The molecule has 0 aliphatic rings. The zero-order chi connectivity index (χ0) is 17.9. The lowest BCUT2D eigenvalue weighted by atomic mass is 10.2. The number of aromatic amines is 1. The van der Waals surface area contributed by atoms with Gasteiger partial charge < -0.3 is 4.98 Å². The van der Waals surface area contributed by atoms with Gasteiger partial charge in [-0.3, -0.25) is 4.79 Å². The van der Waals surface area contributed by atoms with Crippen molar-refractivity contribution in [1.82, 2.24) is 19.7 Å². The highest BCUT2D eigenvalue weighted by Gasteiger charge is 2.13. The Morgan fingerprint density at radius 1 is 1.08 bits per heavy atom. The van der Waals surface area contributed by atoms with Gasteiger partial charge in [0.2, 0.25) is 0 Å². The van der Waals surface area contributed by atoms with E-state index in [1.54, 1.807) is 22.6 Å². The van der Waals surface area contributed by atoms with Crippen LogP contribution in [-0.4, -0.2) is 25.5 Å². The van der Waals surface area contributed by atoms with Crippen LogP contribution in [0.2, 0.25) is 0 Å². The summed E-state index contributed by atoms with van der Waals surface area (Å²) in [5.41, 5.74) is 3.72. The van der Waals surface area contributed by atoms with Gasteiger partial charge in [-0.15, -0.1) is 0 Å². The SMILES string of the molecule is Cc1ccccc1-n1ncc2c(=O)[nH]c(SCCc3ccccc3)nc21. The average Bonchev–Trinajstić information content (AvgIpc) is 3.07. The molecule has 0 saturated heterocycles. The minimum absolute atomic E-state index is 0.156. The summed E-state index contributed by atoms with van der Waals surface area (Å²) >= 11 is 1.55. The van der Waals surface area contributed by atoms with E-state index in [4.69, 9.17) is 0 Å². The van der Waals surface area contributed by atoms with Crippen molar-refractivity contribution in [2.24, 2.45) is 0 Å². The third-order valence-electron chi connectivity index (χ3n) is 4.23. The predicted molar refractivity (Wildman–Crippen MR) is 105 cm³/mol. The first-order valence-corrected chi connectivity index (χ1v) is 9.42. The fraction of sp³-hybridized carbons (Fsp3) is 0.150. The van der Waals surface area contributed by atoms with Crippen molar-refractivity contribution >= 4 is 22.8 Å². The quantitative estimate of drug-likeness (QED) is 0.434. The Morgan fingerprint density at radius 2 is 1.85 bits per heavy atom. The van der Waals surface area contributed by atoms with Gasteiger partial charge in [0.15, 0.2) is 10.8 Å². The van der Waals surface area contributed by atoms with Crippen LogP contribution in [-0.2, 0) is 6.42 Å². The lowest BCUT2D eigenvalue weighted by Crippen LogP contribution is -2.10. The van der Waals surface area contributed by atoms with Crippen molar-refractivity contribution in [2.75, 3.05) is 5.75 Å². The van der Waals surface area contributed by atoms with E-state index in [-0.39, 0.29) is 5.56 Å². The Morgan fingerprint density at radius 3 is 2.65 bits per heavy atom. The molecule has 0 bridgehead atoms. The van der Waals surface area contributed by atoms with Crippen LogP contribution in [0.5, 0.6) is 0 Å². The molecule has 0 saturated carbocycles. The molecule has 0 fully saturated rings. The van der Waals surface area contributed by atoms with Crippen molar-refractivity contribution in [3.05, 3.63) is 82.3 Å². The van der Waals surface area contributed by atoms with Crippen molar-refractivity contribution in [1.29, 1.82) is 0 Å². The molecule has 2 aromatic heterocycles. The van der Waals surface area contributed by atoms with Crippen LogP contribution in [0.1, 0.15) is 11.1 Å². The summed E-state index contributed by atoms with van der Waals surface area (Å²) in [6, 6.07) is 18.2. The topological polar surface area (TPSA) is 63.6 Å². The van der Waals surface area contributed by atoms with E-state index in [9.17, 15) is 4.79 Å². The molecule has 0 radical (unpaired) electrons. The maximum absolute atomic E-state index is 12.4. The number of hydrogen-bond donors (Lipinski definition) is 1. The fourth-order valence-corrected chi connectivity index (χ4v) is 3.70. The number of aromatic nitrogens is 4. The van der Waals surface area contributed by atoms with Crippen LogP contribution in [0.25, 0.3) is 16.7 Å². The maximum atomic E-state index is 12.4. The van der Waals surface area contributed by atoms with Gasteiger partial charge in [-0.25, -0.2) is 9.67 Å². The molecular weight excluding hydrogens is 344 g/mol. The highest BCUT2D eigenvalue weighted by molar-refractivity contribution is 7.99. The van der Waals surface area contributed by atoms with Crippen molar-refractivity contribution < 1.29 is 0 Å². The smallest absolute Gasteiger partial charge is 0.262 e. The Balaban J connectivity index is 1.64. The lowest BCUT2D eigenvalue weighted by molar-refractivity contribution is 0.866. The third-order valence-corrected chi connectivity index (χ3v) is 5.11. The Bertz CT molecular complexity index is 1100. The Kier molecular flexibility index (Phi) is 4.58. The summed E-state index contributed by atoms with van der Waals surface area (Å²) in [5, 5.41) is 5.50. The van der Waals surface area contributed by atoms with Gasteiger partial charge in [0.05, 0.1) is 11.9 Å². The molecule has 0 spiro atoms. The largest absolute Gasteiger partial charge is 0.301 e. The standard InChI is InChI=1S/C20H18N4OS/c1-14-7-5-6-10-17(14)24-18-16(13-21-24)19(25)23-20(22-18)26-12-11-15-8-3-2-4-9-15/h2-10,13H,11-12H2,1H3,(H,22,23,25). The van der Waals surface area contributed by atoms with Crippen LogP contribution in [0.15, 0.2) is 70.7 Å². The molecule has 2 aromatic carbocycles. The zero-order valence-corrected chi connectivity index (χ0v) is 15.2. The van der Waals surface area contributed by atoms with Gasteiger partial charge in [-0.1, -0.05) is 60.3 Å². The molecule has 4 rings (SSSR count). The summed E-state index contributed by atoms with van der Waals surface area (Å²) in [7, 11) is 0. The first-order valence-electron chi connectivity index (χ1n) is 8.43. The summed E-state index contributed by atoms with van der Waals surface area (Å²) in [4.78, 5) is 19.9. The molecule has 4 aromatic rings. The van der Waals surface area contributed by atoms with Crippen LogP contribution < -0.4 is 5.56 Å². The van der Waals surface area contributed by atoms with Gasteiger partial charge >= 0.3 is 0 Å². The number of thioether (sulfide) groups is 1. The second-order valence-corrected chi connectivity index (χ2v) is 7.12. The second kappa shape index (κ2) is 7.17. The van der Waals surface area contributed by atoms with Gasteiger partial charge in [-0.2, -0.15) is 5.10 Å². The Labute approximate surface area is 155 Å². The molecule has 0 unspecified atom stereocenters. The molecule has 2 heterocycles. The van der Waals surface area contributed by atoms with Crippen molar-refractivity contribution in [3.8, 4) is 5.69 Å². The van der Waals surface area contributed by atoms with Gasteiger partial charge in [-0.05, 0) is 30.5 Å². The second-order valence-electron chi connectivity index (χ2n) is 6.04. The molecule has 5 nitrogen and oxygen atoms in total. The first-order chi connectivity index (χ1) is 12.7. The van der Waals surface area contributed by atoms with Crippen LogP contribution in [0.3, 0.4) is 0 Å². The van der Waals surface area contributed by atoms with Crippen molar-refractivity contribution in [2.45, 2.75) is 18.5 Å². The van der Waals surface area contributed by atoms with Gasteiger partial charge in [0, 0.05) is 5.75 Å². The summed E-state index contributed by atoms with van der Waals surface area (Å²) in [6.07, 6.45) is 2.50. The maximum Gasteiger partial charge on any atom is 0.262 e. The fourth-order valence-electron chi connectivity index (χ4n) is 2.85. The number of rotatable bonds is 5. The van der Waals surface area contributed by atoms with Crippen LogP contribution in [0.4, 0.5) is 0 Å². The van der Waals surface area contributed by atoms with E-state index in [1.165, 1.54) is 5.56 Å². The number of nitrogens with one attached hydrogen (secondary N) is 1. The van der Waals surface area contributed by atoms with Crippen LogP contribution in [0, 0.1) is 6.92 Å². The highest BCUT2D eigenvalue weighted by Crippen LogP contribution is 2.20. The minimum Gasteiger partial charge on any atom is -0.301 e. The lowest BCUT2D eigenvalue weighted by Gasteiger charge is -2.07. The predicted octanol–water partition coefficient (Wildman–Crippen LogP) is 3.75.